The van der Waals surface area contributed by atoms with E-state index in [0.29, 0.717) is 18.8 Å². The Balaban J connectivity index is 1.18. The van der Waals surface area contributed by atoms with E-state index in [2.05, 4.69) is 58.8 Å². The highest BCUT2D eigenvalue weighted by Gasteiger charge is 2.44. The van der Waals surface area contributed by atoms with E-state index in [0.717, 1.165) is 23.9 Å². The number of aromatic amines is 2. The molecule has 0 aliphatic carbocycles. The van der Waals surface area contributed by atoms with Crippen LogP contribution in [0.15, 0.2) is 85.2 Å². The molecule has 1 atom stereocenters. The van der Waals surface area contributed by atoms with Crippen LogP contribution in [0.25, 0.3) is 21.8 Å². The van der Waals surface area contributed by atoms with Crippen molar-refractivity contribution in [3.63, 3.8) is 0 Å². The van der Waals surface area contributed by atoms with Gasteiger partial charge in [0.2, 0.25) is 11.8 Å². The highest BCUT2D eigenvalue weighted by molar-refractivity contribution is 6.00. The predicted molar refractivity (Wildman–Crippen MR) is 150 cm³/mol. The Kier molecular flexibility index (Phi) is 5.54. The molecule has 2 aromatic heterocycles. The van der Waals surface area contributed by atoms with Crippen molar-refractivity contribution in [2.75, 3.05) is 24.5 Å². The molecule has 2 aliphatic heterocycles. The van der Waals surface area contributed by atoms with Gasteiger partial charge >= 0.3 is 0 Å². The molecule has 2 saturated heterocycles. The summed E-state index contributed by atoms with van der Waals surface area (Å²) >= 11 is 0. The number of para-hydroxylation sites is 2. The van der Waals surface area contributed by atoms with Gasteiger partial charge in [-0.3, -0.25) is 9.59 Å². The zero-order chi connectivity index (χ0) is 26.6. The summed E-state index contributed by atoms with van der Waals surface area (Å²) in [4.78, 5) is 36.8. The van der Waals surface area contributed by atoms with Crippen LogP contribution < -0.4 is 4.90 Å². The van der Waals surface area contributed by atoms with Crippen LogP contribution in [0.1, 0.15) is 30.4 Å². The van der Waals surface area contributed by atoms with Gasteiger partial charge < -0.3 is 19.8 Å². The molecule has 0 saturated carbocycles. The first-order valence-electron chi connectivity index (χ1n) is 13.5. The number of carbonyl (C=O) groups is 2. The summed E-state index contributed by atoms with van der Waals surface area (Å²) < 4.78 is 13.8. The van der Waals surface area contributed by atoms with Crippen molar-refractivity contribution >= 4 is 39.3 Å². The quantitative estimate of drug-likeness (QED) is 0.317. The maximum absolute atomic E-state index is 13.8. The molecule has 7 heteroatoms. The summed E-state index contributed by atoms with van der Waals surface area (Å²) in [6, 6.07) is 22.8. The van der Waals surface area contributed by atoms with Crippen LogP contribution in [-0.4, -0.2) is 46.3 Å². The van der Waals surface area contributed by atoms with Crippen molar-refractivity contribution in [2.24, 2.45) is 5.92 Å². The molecule has 0 bridgehead atoms. The number of carbonyl (C=O) groups excluding carboxylic acids is 2. The van der Waals surface area contributed by atoms with Gasteiger partial charge in [-0.1, -0.05) is 42.5 Å². The molecule has 0 unspecified atom stereocenters. The second kappa shape index (κ2) is 9.12. The van der Waals surface area contributed by atoms with E-state index in [9.17, 15) is 14.0 Å². The van der Waals surface area contributed by atoms with Gasteiger partial charge in [0.05, 0.1) is 5.92 Å². The topological polar surface area (TPSA) is 72.2 Å². The third-order valence-corrected chi connectivity index (χ3v) is 8.73. The fourth-order valence-electron chi connectivity index (χ4n) is 6.75. The van der Waals surface area contributed by atoms with Crippen molar-refractivity contribution in [3.8, 4) is 0 Å². The van der Waals surface area contributed by atoms with Crippen molar-refractivity contribution in [3.05, 3.63) is 102 Å². The normalized spacial score (nSPS) is 19.3. The molecule has 7 rings (SSSR count). The van der Waals surface area contributed by atoms with E-state index < -0.39 is 11.7 Å². The highest BCUT2D eigenvalue weighted by Crippen LogP contribution is 2.47. The Morgan fingerprint density at radius 3 is 2.08 bits per heavy atom. The van der Waals surface area contributed by atoms with Crippen LogP contribution in [0.4, 0.5) is 10.1 Å². The first-order valence-corrected chi connectivity index (χ1v) is 13.5. The number of rotatable bonds is 4. The number of benzene rings is 3. The number of likely N-dealkylation sites (tertiary alicyclic amines) is 1. The van der Waals surface area contributed by atoms with Gasteiger partial charge in [0.1, 0.15) is 5.82 Å². The SMILES string of the molecule is O=C([C@@H]1CC(=O)N(c2cccc(F)c2)C1)N1CCC(c2c[nH]c3ccccc23)(c2c[nH]c3ccccc23)CC1. The van der Waals surface area contributed by atoms with Crippen LogP contribution in [0.3, 0.4) is 0 Å². The van der Waals surface area contributed by atoms with E-state index in [1.807, 2.05) is 17.0 Å². The second-order valence-electron chi connectivity index (χ2n) is 10.8. The Morgan fingerprint density at radius 1 is 0.846 bits per heavy atom. The maximum atomic E-state index is 13.8. The molecule has 4 heterocycles. The largest absolute Gasteiger partial charge is 0.361 e. The van der Waals surface area contributed by atoms with Gasteiger partial charge in [0, 0.05) is 71.4 Å². The lowest BCUT2D eigenvalue weighted by Gasteiger charge is -2.43. The number of halogens is 1. The average molecular weight is 521 g/mol. The number of amides is 2. The smallest absolute Gasteiger partial charge is 0.228 e. The summed E-state index contributed by atoms with van der Waals surface area (Å²) in [5, 5.41) is 2.41. The second-order valence-corrected chi connectivity index (χ2v) is 10.8. The average Bonchev–Trinajstić information content (AvgIpc) is 3.70. The lowest BCUT2D eigenvalue weighted by Crippen LogP contribution is -2.47. The minimum absolute atomic E-state index is 0.00806. The number of hydrogen-bond acceptors (Lipinski definition) is 2. The Morgan fingerprint density at radius 2 is 1.46 bits per heavy atom. The first-order chi connectivity index (χ1) is 19.0. The van der Waals surface area contributed by atoms with Gasteiger partial charge in [-0.05, 0) is 54.3 Å². The maximum Gasteiger partial charge on any atom is 0.228 e. The molecular weight excluding hydrogens is 491 g/mol. The summed E-state index contributed by atoms with van der Waals surface area (Å²) in [6.45, 7) is 1.48. The lowest BCUT2D eigenvalue weighted by atomic mass is 9.67. The first kappa shape index (κ1) is 23.7. The number of aromatic nitrogens is 2. The number of nitrogens with zero attached hydrogens (tertiary/aromatic N) is 2. The van der Waals surface area contributed by atoms with Gasteiger partial charge in [-0.15, -0.1) is 0 Å². The standard InChI is InChI=1S/C32H29FN4O2/c33-22-6-5-7-23(17-22)37-20-21(16-30(37)38)31(39)36-14-12-32(13-15-36,26-18-34-28-10-3-1-8-24(26)28)27-19-35-29-11-4-2-9-25(27)29/h1-11,17-19,21,34-35H,12-16,20H2/t21-/m1/s1. The molecule has 196 valence electrons. The van der Waals surface area contributed by atoms with E-state index in [1.165, 1.54) is 38.9 Å². The highest BCUT2D eigenvalue weighted by atomic mass is 19.1. The Bertz CT molecular complexity index is 1640. The van der Waals surface area contributed by atoms with E-state index in [-0.39, 0.29) is 30.2 Å². The van der Waals surface area contributed by atoms with Crippen LogP contribution in [0.2, 0.25) is 0 Å². The number of hydrogen-bond donors (Lipinski definition) is 2. The molecule has 2 amide bonds. The molecule has 6 nitrogen and oxygen atoms in total. The third-order valence-electron chi connectivity index (χ3n) is 8.73. The number of piperidine rings is 1. The van der Waals surface area contributed by atoms with Crippen LogP contribution in [0.5, 0.6) is 0 Å². The molecule has 2 N–H and O–H groups in total. The number of nitrogens with one attached hydrogen (secondary N) is 2. The summed E-state index contributed by atoms with van der Waals surface area (Å²) in [7, 11) is 0. The fraction of sp³-hybridized carbons (Fsp3) is 0.250. The molecule has 0 spiro atoms. The monoisotopic (exact) mass is 520 g/mol. The summed E-state index contributed by atoms with van der Waals surface area (Å²) in [6.07, 6.45) is 5.97. The molecule has 3 aromatic carbocycles. The molecule has 0 radical (unpaired) electrons. The summed E-state index contributed by atoms with van der Waals surface area (Å²) in [5.74, 6) is -0.942. The Labute approximate surface area is 225 Å². The van der Waals surface area contributed by atoms with Crippen LogP contribution in [0, 0.1) is 11.7 Å². The lowest BCUT2D eigenvalue weighted by molar-refractivity contribution is -0.137. The zero-order valence-electron chi connectivity index (χ0n) is 21.5. The minimum atomic E-state index is -0.422. The van der Waals surface area contributed by atoms with Crippen molar-refractivity contribution < 1.29 is 14.0 Å². The minimum Gasteiger partial charge on any atom is -0.361 e. The molecule has 2 aliphatic rings. The van der Waals surface area contributed by atoms with E-state index >= 15 is 0 Å². The summed E-state index contributed by atoms with van der Waals surface area (Å²) in [5.41, 5.74) is 4.95. The molecule has 5 aromatic rings. The predicted octanol–water partition coefficient (Wildman–Crippen LogP) is 5.75. The van der Waals surface area contributed by atoms with Crippen molar-refractivity contribution in [1.82, 2.24) is 14.9 Å². The van der Waals surface area contributed by atoms with Crippen molar-refractivity contribution in [2.45, 2.75) is 24.7 Å². The van der Waals surface area contributed by atoms with E-state index in [4.69, 9.17) is 0 Å². The van der Waals surface area contributed by atoms with Gasteiger partial charge in [-0.2, -0.15) is 0 Å². The van der Waals surface area contributed by atoms with E-state index in [1.54, 1.807) is 12.1 Å². The third kappa shape index (κ3) is 3.83. The van der Waals surface area contributed by atoms with Crippen molar-refractivity contribution in [1.29, 1.82) is 0 Å². The van der Waals surface area contributed by atoms with Gasteiger partial charge in [0.25, 0.3) is 0 Å². The Hall–Kier alpha value is -4.39. The zero-order valence-corrected chi connectivity index (χ0v) is 21.5. The fourth-order valence-corrected chi connectivity index (χ4v) is 6.75. The number of fused-ring (bicyclic) bond motifs is 2. The molecular formula is C32H29FN4O2. The molecule has 2 fully saturated rings. The van der Waals surface area contributed by atoms with Gasteiger partial charge in [0.15, 0.2) is 0 Å². The number of H-pyrrole nitrogens is 2. The van der Waals surface area contributed by atoms with Gasteiger partial charge in [-0.25, -0.2) is 4.39 Å². The number of anilines is 1. The molecule has 39 heavy (non-hydrogen) atoms. The van der Waals surface area contributed by atoms with Crippen LogP contribution >= 0.6 is 0 Å². The van der Waals surface area contributed by atoms with Crippen LogP contribution in [-0.2, 0) is 15.0 Å².